The standard InChI is InChI=1S/C12H22O11/c13-1-3-5(15)6(16)9(19)12(22-3)23-10-4(2-14)21-11(20)8(18)7(10)17/h3-20H,1-2H2/t3-,4+,5+,6-,7+,8-,9+,10+,11-,12-/m1/s1. The second-order valence-electron chi connectivity index (χ2n) is 5.53. The Hall–Kier alpha value is -0.440. The van der Waals surface area contributed by atoms with Gasteiger partial charge in [0.1, 0.15) is 48.8 Å². The third-order valence-electron chi connectivity index (χ3n) is 3.98. The van der Waals surface area contributed by atoms with Crippen molar-refractivity contribution in [2.75, 3.05) is 13.2 Å². The summed E-state index contributed by atoms with van der Waals surface area (Å²) in [6.45, 7) is -1.35. The van der Waals surface area contributed by atoms with Crippen LogP contribution >= 0.6 is 0 Å². The third-order valence-corrected chi connectivity index (χ3v) is 3.98. The minimum absolute atomic E-state index is 0.667. The molecule has 8 N–H and O–H groups in total. The molecular formula is C12H22O11. The van der Waals surface area contributed by atoms with Crippen molar-refractivity contribution in [2.24, 2.45) is 0 Å². The predicted molar refractivity (Wildman–Crippen MR) is 68.6 cm³/mol. The van der Waals surface area contributed by atoms with Gasteiger partial charge in [-0.25, -0.2) is 0 Å². The van der Waals surface area contributed by atoms with Crippen LogP contribution in [0.15, 0.2) is 0 Å². The van der Waals surface area contributed by atoms with Crippen LogP contribution in [-0.4, -0.2) is 115 Å². The zero-order valence-corrected chi connectivity index (χ0v) is 12.0. The minimum Gasteiger partial charge on any atom is -0.394 e. The smallest absolute Gasteiger partial charge is 0.187 e. The van der Waals surface area contributed by atoms with Gasteiger partial charge >= 0.3 is 0 Å². The lowest BCUT2D eigenvalue weighted by Gasteiger charge is -2.45. The number of ether oxygens (including phenoxy) is 3. The number of hydrogen-bond donors (Lipinski definition) is 8. The lowest BCUT2D eigenvalue weighted by atomic mass is 9.97. The van der Waals surface area contributed by atoms with Crippen molar-refractivity contribution in [3.8, 4) is 0 Å². The Kier molecular flexibility index (Phi) is 6.27. The van der Waals surface area contributed by atoms with Crippen molar-refractivity contribution < 1.29 is 55.1 Å². The summed E-state index contributed by atoms with van der Waals surface area (Å²) in [7, 11) is 0. The molecule has 0 bridgehead atoms. The first-order valence-corrected chi connectivity index (χ1v) is 7.08. The molecule has 11 nitrogen and oxygen atoms in total. The van der Waals surface area contributed by atoms with E-state index in [4.69, 9.17) is 19.3 Å². The van der Waals surface area contributed by atoms with E-state index in [1.165, 1.54) is 0 Å². The molecule has 23 heavy (non-hydrogen) atoms. The lowest BCUT2D eigenvalue weighted by Crippen LogP contribution is -2.64. The molecule has 0 aromatic heterocycles. The Labute approximate surface area is 130 Å². The zero-order valence-electron chi connectivity index (χ0n) is 12.0. The van der Waals surface area contributed by atoms with Crippen LogP contribution in [0.5, 0.6) is 0 Å². The third kappa shape index (κ3) is 3.65. The molecule has 0 aromatic rings. The van der Waals surface area contributed by atoms with Crippen molar-refractivity contribution in [3.63, 3.8) is 0 Å². The first kappa shape index (κ1) is 18.9. The van der Waals surface area contributed by atoms with Crippen LogP contribution in [0.4, 0.5) is 0 Å². The maximum atomic E-state index is 9.94. The molecule has 0 spiro atoms. The predicted octanol–water partition coefficient (Wildman–Crippen LogP) is -5.40. The van der Waals surface area contributed by atoms with E-state index in [9.17, 15) is 35.7 Å². The second-order valence-corrected chi connectivity index (χ2v) is 5.53. The summed E-state index contributed by atoms with van der Waals surface area (Å²) in [5.74, 6) is 0. The molecular weight excluding hydrogens is 320 g/mol. The van der Waals surface area contributed by atoms with Crippen molar-refractivity contribution in [1.82, 2.24) is 0 Å². The first-order chi connectivity index (χ1) is 10.8. The van der Waals surface area contributed by atoms with Crippen LogP contribution in [0, 0.1) is 0 Å². The van der Waals surface area contributed by atoms with Crippen molar-refractivity contribution in [3.05, 3.63) is 0 Å². The maximum Gasteiger partial charge on any atom is 0.187 e. The molecule has 2 fully saturated rings. The highest BCUT2D eigenvalue weighted by Crippen LogP contribution is 2.28. The van der Waals surface area contributed by atoms with Gasteiger partial charge in [-0.3, -0.25) is 0 Å². The molecule has 2 saturated heterocycles. The van der Waals surface area contributed by atoms with Crippen molar-refractivity contribution >= 4 is 0 Å². The highest BCUT2D eigenvalue weighted by atomic mass is 16.7. The van der Waals surface area contributed by atoms with Crippen LogP contribution < -0.4 is 0 Å². The molecule has 2 aliphatic rings. The average molecular weight is 342 g/mol. The van der Waals surface area contributed by atoms with Gasteiger partial charge in [0.2, 0.25) is 0 Å². The summed E-state index contributed by atoms with van der Waals surface area (Å²) in [6, 6.07) is 0. The summed E-state index contributed by atoms with van der Waals surface area (Å²) in [6.07, 6.45) is -15.6. The molecule has 2 aliphatic heterocycles. The normalized spacial score (nSPS) is 51.7. The van der Waals surface area contributed by atoms with Crippen molar-refractivity contribution in [1.29, 1.82) is 0 Å². The van der Waals surface area contributed by atoms with Gasteiger partial charge in [0, 0.05) is 0 Å². The zero-order chi connectivity index (χ0) is 17.3. The van der Waals surface area contributed by atoms with Gasteiger partial charge < -0.3 is 55.1 Å². The van der Waals surface area contributed by atoms with Crippen LogP contribution in [0.25, 0.3) is 0 Å². The lowest BCUT2D eigenvalue weighted by molar-refractivity contribution is -0.355. The van der Waals surface area contributed by atoms with E-state index in [-0.39, 0.29) is 0 Å². The van der Waals surface area contributed by atoms with Gasteiger partial charge in [-0.15, -0.1) is 0 Å². The second kappa shape index (κ2) is 7.63. The Morgan fingerprint density at radius 1 is 0.652 bits per heavy atom. The first-order valence-electron chi connectivity index (χ1n) is 7.08. The summed E-state index contributed by atoms with van der Waals surface area (Å²) in [5, 5.41) is 76.5. The Balaban J connectivity index is 2.11. The van der Waals surface area contributed by atoms with E-state index < -0.39 is 74.6 Å². The van der Waals surface area contributed by atoms with Crippen LogP contribution in [0.2, 0.25) is 0 Å². The Morgan fingerprint density at radius 3 is 1.83 bits per heavy atom. The molecule has 0 amide bonds. The molecule has 2 heterocycles. The molecule has 11 heteroatoms. The Morgan fingerprint density at radius 2 is 1.26 bits per heavy atom. The van der Waals surface area contributed by atoms with Gasteiger partial charge in [-0.2, -0.15) is 0 Å². The fourth-order valence-corrected chi connectivity index (χ4v) is 2.57. The molecule has 0 unspecified atom stereocenters. The van der Waals surface area contributed by atoms with Gasteiger partial charge in [-0.1, -0.05) is 0 Å². The summed E-state index contributed by atoms with van der Waals surface area (Å²) >= 11 is 0. The molecule has 0 aromatic carbocycles. The van der Waals surface area contributed by atoms with E-state index in [1.54, 1.807) is 0 Å². The highest BCUT2D eigenvalue weighted by Gasteiger charge is 2.50. The van der Waals surface area contributed by atoms with Crippen LogP contribution in [-0.2, 0) is 14.2 Å². The van der Waals surface area contributed by atoms with Crippen molar-refractivity contribution in [2.45, 2.75) is 61.4 Å². The molecule has 0 radical (unpaired) electrons. The van der Waals surface area contributed by atoms with E-state index in [0.717, 1.165) is 0 Å². The summed E-state index contributed by atoms with van der Waals surface area (Å²) < 4.78 is 15.3. The van der Waals surface area contributed by atoms with Gasteiger partial charge in [0.05, 0.1) is 13.2 Å². The molecule has 136 valence electrons. The number of aliphatic hydroxyl groups is 8. The molecule has 2 rings (SSSR count). The molecule has 10 atom stereocenters. The fourth-order valence-electron chi connectivity index (χ4n) is 2.57. The highest BCUT2D eigenvalue weighted by molar-refractivity contribution is 4.93. The van der Waals surface area contributed by atoms with Crippen LogP contribution in [0.3, 0.4) is 0 Å². The molecule has 0 aliphatic carbocycles. The van der Waals surface area contributed by atoms with E-state index in [0.29, 0.717) is 0 Å². The Bertz CT molecular complexity index is 378. The maximum absolute atomic E-state index is 9.94. The van der Waals surface area contributed by atoms with Gasteiger partial charge in [0.15, 0.2) is 12.6 Å². The minimum atomic E-state index is -1.74. The average Bonchev–Trinajstić information content (AvgIpc) is 2.55. The summed E-state index contributed by atoms with van der Waals surface area (Å²) in [5.41, 5.74) is 0. The quantitative estimate of drug-likeness (QED) is 0.243. The number of aliphatic hydroxyl groups excluding tert-OH is 8. The largest absolute Gasteiger partial charge is 0.394 e. The molecule has 0 saturated carbocycles. The topological polar surface area (TPSA) is 190 Å². The van der Waals surface area contributed by atoms with Crippen LogP contribution in [0.1, 0.15) is 0 Å². The van der Waals surface area contributed by atoms with Gasteiger partial charge in [-0.05, 0) is 0 Å². The SMILES string of the molecule is OC[C@@H]1O[C@@H](O)[C@H](O)[C@H](O)[C@H]1O[C@H]1O[C@H](CO)[C@H](O)[C@@H](O)[C@@H]1O. The monoisotopic (exact) mass is 342 g/mol. The number of rotatable bonds is 4. The van der Waals surface area contributed by atoms with Gasteiger partial charge in [0.25, 0.3) is 0 Å². The number of hydrogen-bond acceptors (Lipinski definition) is 11. The summed E-state index contributed by atoms with van der Waals surface area (Å²) in [4.78, 5) is 0. The van der Waals surface area contributed by atoms with E-state index in [1.807, 2.05) is 0 Å². The van der Waals surface area contributed by atoms with E-state index in [2.05, 4.69) is 0 Å². The van der Waals surface area contributed by atoms with E-state index >= 15 is 0 Å². The fraction of sp³-hybridized carbons (Fsp3) is 1.00.